The number of benzene rings is 2. The Balaban J connectivity index is 1.79. The van der Waals surface area contributed by atoms with Crippen molar-refractivity contribution in [2.45, 2.75) is 38.2 Å². The Hall–Kier alpha value is -1.84. The number of likely N-dealkylation sites (tertiary alicyclic amines) is 1. The minimum Gasteiger partial charge on any atom is -0.494 e. The minimum atomic E-state index is -0.493. The van der Waals surface area contributed by atoms with Crippen molar-refractivity contribution in [3.63, 3.8) is 0 Å². The number of ether oxygens (including phenoxy) is 1. The molecule has 0 radical (unpaired) electrons. The highest BCUT2D eigenvalue weighted by Gasteiger charge is 2.28. The Morgan fingerprint density at radius 1 is 0.920 bits per heavy atom. The summed E-state index contributed by atoms with van der Waals surface area (Å²) in [5.41, 5.74) is 2.19. The van der Waals surface area contributed by atoms with E-state index in [1.165, 1.54) is 37.9 Å². The molecule has 2 aromatic rings. The molecule has 1 aliphatic rings. The Kier molecular flexibility index (Phi) is 6.48. The highest BCUT2D eigenvalue weighted by Crippen LogP contribution is 2.31. The predicted molar refractivity (Wildman–Crippen MR) is 101 cm³/mol. The van der Waals surface area contributed by atoms with E-state index in [9.17, 15) is 5.11 Å². The maximum absolute atomic E-state index is 11.1. The van der Waals surface area contributed by atoms with Gasteiger partial charge in [-0.15, -0.1) is 0 Å². The largest absolute Gasteiger partial charge is 0.494 e. The Morgan fingerprint density at radius 3 is 2.24 bits per heavy atom. The number of nitrogens with one attached hydrogen (secondary N) is 1. The van der Waals surface area contributed by atoms with Crippen LogP contribution in [-0.4, -0.2) is 31.3 Å². The van der Waals surface area contributed by atoms with E-state index in [4.69, 9.17) is 4.74 Å². The van der Waals surface area contributed by atoms with E-state index in [-0.39, 0.29) is 5.92 Å². The van der Waals surface area contributed by atoms with Gasteiger partial charge in [-0.3, -0.25) is 0 Å². The molecule has 1 fully saturated rings. The van der Waals surface area contributed by atoms with E-state index < -0.39 is 6.10 Å². The molecule has 1 aliphatic heterocycles. The number of aliphatic hydroxyl groups is 1. The van der Waals surface area contributed by atoms with E-state index >= 15 is 0 Å². The summed E-state index contributed by atoms with van der Waals surface area (Å²) in [5, 5.41) is 11.1. The molecule has 0 bridgehead atoms. The summed E-state index contributed by atoms with van der Waals surface area (Å²) in [6.45, 7) is 6.07. The lowest BCUT2D eigenvalue weighted by Crippen LogP contribution is -3.13. The fraction of sp³-hybridized carbons (Fsp3) is 0.455. The van der Waals surface area contributed by atoms with Gasteiger partial charge in [-0.2, -0.15) is 0 Å². The molecule has 0 amide bonds. The van der Waals surface area contributed by atoms with Crippen LogP contribution in [0.4, 0.5) is 0 Å². The minimum absolute atomic E-state index is 0.118. The van der Waals surface area contributed by atoms with Crippen LogP contribution >= 0.6 is 0 Å². The molecule has 3 rings (SSSR count). The summed E-state index contributed by atoms with van der Waals surface area (Å²) in [7, 11) is 0. The molecule has 3 heteroatoms. The van der Waals surface area contributed by atoms with Gasteiger partial charge in [0.1, 0.15) is 5.75 Å². The third kappa shape index (κ3) is 4.83. The average molecular weight is 340 g/mol. The molecule has 0 aliphatic carbocycles. The van der Waals surface area contributed by atoms with Crippen molar-refractivity contribution < 1.29 is 14.7 Å². The van der Waals surface area contributed by atoms with Gasteiger partial charge in [0.2, 0.25) is 0 Å². The van der Waals surface area contributed by atoms with E-state index in [0.717, 1.165) is 17.9 Å². The normalized spacial score (nSPS) is 17.8. The topological polar surface area (TPSA) is 33.9 Å². The molecular formula is C22H30NO2+. The van der Waals surface area contributed by atoms with E-state index in [1.54, 1.807) is 4.90 Å². The molecular weight excluding hydrogens is 310 g/mol. The molecule has 0 spiro atoms. The maximum atomic E-state index is 11.1. The number of hydrogen-bond donors (Lipinski definition) is 2. The second-order valence-electron chi connectivity index (χ2n) is 6.98. The van der Waals surface area contributed by atoms with Crippen LogP contribution in [-0.2, 0) is 0 Å². The van der Waals surface area contributed by atoms with Crippen LogP contribution in [0.2, 0.25) is 0 Å². The quantitative estimate of drug-likeness (QED) is 0.812. The lowest BCUT2D eigenvalue weighted by Gasteiger charge is -2.30. The van der Waals surface area contributed by atoms with Crippen molar-refractivity contribution in [1.29, 1.82) is 0 Å². The Morgan fingerprint density at radius 2 is 1.60 bits per heavy atom. The van der Waals surface area contributed by atoms with Crippen molar-refractivity contribution in [1.82, 2.24) is 0 Å². The van der Waals surface area contributed by atoms with E-state index in [0.29, 0.717) is 6.61 Å². The summed E-state index contributed by atoms with van der Waals surface area (Å²) < 4.78 is 5.52. The lowest BCUT2D eigenvalue weighted by atomic mass is 9.88. The zero-order chi connectivity index (χ0) is 17.5. The van der Waals surface area contributed by atoms with Gasteiger partial charge in [-0.05, 0) is 49.4 Å². The number of piperidine rings is 1. The molecule has 0 aromatic heterocycles. The summed E-state index contributed by atoms with van der Waals surface area (Å²) in [6.07, 6.45) is 3.46. The van der Waals surface area contributed by atoms with Gasteiger partial charge in [-0.25, -0.2) is 0 Å². The molecule has 2 N–H and O–H groups in total. The highest BCUT2D eigenvalue weighted by molar-refractivity contribution is 5.31. The zero-order valence-corrected chi connectivity index (χ0v) is 15.2. The number of aliphatic hydroxyl groups excluding tert-OH is 1. The van der Waals surface area contributed by atoms with E-state index in [2.05, 4.69) is 24.3 Å². The Bertz CT molecular complexity index is 620. The first-order chi connectivity index (χ1) is 12.3. The van der Waals surface area contributed by atoms with Crippen molar-refractivity contribution in [3.8, 4) is 5.75 Å². The molecule has 3 nitrogen and oxygen atoms in total. The molecule has 1 heterocycles. The summed E-state index contributed by atoms with van der Waals surface area (Å²) >= 11 is 0. The SMILES string of the molecule is CCOc1ccc([C@@H](O)[C@H](C[NH+]2CCCCC2)c2ccccc2)cc1. The van der Waals surface area contributed by atoms with Gasteiger partial charge in [0.15, 0.2) is 0 Å². The number of rotatable bonds is 7. The van der Waals surface area contributed by atoms with Crippen LogP contribution in [0.3, 0.4) is 0 Å². The van der Waals surface area contributed by atoms with Crippen LogP contribution in [0.1, 0.15) is 49.3 Å². The fourth-order valence-electron chi connectivity index (χ4n) is 3.84. The van der Waals surface area contributed by atoms with Gasteiger partial charge >= 0.3 is 0 Å². The van der Waals surface area contributed by atoms with Crippen molar-refractivity contribution >= 4 is 0 Å². The summed E-state index contributed by atoms with van der Waals surface area (Å²) in [6, 6.07) is 18.4. The highest BCUT2D eigenvalue weighted by atomic mass is 16.5. The first-order valence-corrected chi connectivity index (χ1v) is 9.57. The smallest absolute Gasteiger partial charge is 0.119 e. The Labute approximate surface area is 151 Å². The molecule has 2 atom stereocenters. The first kappa shape index (κ1) is 18.0. The van der Waals surface area contributed by atoms with Gasteiger partial charge in [0.25, 0.3) is 0 Å². The number of quaternary nitrogens is 1. The van der Waals surface area contributed by atoms with Crippen molar-refractivity contribution in [2.24, 2.45) is 0 Å². The molecule has 0 unspecified atom stereocenters. The fourth-order valence-corrected chi connectivity index (χ4v) is 3.84. The van der Waals surface area contributed by atoms with Crippen molar-refractivity contribution in [3.05, 3.63) is 65.7 Å². The monoisotopic (exact) mass is 340 g/mol. The van der Waals surface area contributed by atoms with Crippen LogP contribution in [0.5, 0.6) is 5.75 Å². The predicted octanol–water partition coefficient (Wildman–Crippen LogP) is 2.97. The van der Waals surface area contributed by atoms with E-state index in [1.807, 2.05) is 37.3 Å². The second kappa shape index (κ2) is 9.02. The third-order valence-electron chi connectivity index (χ3n) is 5.21. The van der Waals surface area contributed by atoms with Crippen LogP contribution in [0, 0.1) is 0 Å². The average Bonchev–Trinajstić information content (AvgIpc) is 2.68. The zero-order valence-electron chi connectivity index (χ0n) is 15.2. The van der Waals surface area contributed by atoms with Gasteiger partial charge in [-0.1, -0.05) is 42.5 Å². The molecule has 2 aromatic carbocycles. The first-order valence-electron chi connectivity index (χ1n) is 9.57. The third-order valence-corrected chi connectivity index (χ3v) is 5.21. The van der Waals surface area contributed by atoms with Gasteiger partial charge in [0.05, 0.1) is 38.3 Å². The standard InChI is InChI=1S/C22H29NO2/c1-2-25-20-13-11-19(12-14-20)22(24)21(18-9-5-3-6-10-18)17-23-15-7-4-8-16-23/h3,5-6,9-14,21-22,24H,2,4,7-8,15-17H2,1H3/p+1/t21-,22-/m1/s1. The van der Waals surface area contributed by atoms with Gasteiger partial charge < -0.3 is 14.7 Å². The molecule has 25 heavy (non-hydrogen) atoms. The van der Waals surface area contributed by atoms with Crippen LogP contribution in [0.25, 0.3) is 0 Å². The summed E-state index contributed by atoms with van der Waals surface area (Å²) in [5.74, 6) is 0.976. The van der Waals surface area contributed by atoms with Crippen LogP contribution in [0.15, 0.2) is 54.6 Å². The van der Waals surface area contributed by atoms with Gasteiger partial charge in [0, 0.05) is 0 Å². The maximum Gasteiger partial charge on any atom is 0.119 e. The van der Waals surface area contributed by atoms with Crippen molar-refractivity contribution in [2.75, 3.05) is 26.2 Å². The second-order valence-corrected chi connectivity index (χ2v) is 6.98. The number of hydrogen-bond acceptors (Lipinski definition) is 2. The van der Waals surface area contributed by atoms with Crippen LogP contribution < -0.4 is 9.64 Å². The molecule has 134 valence electrons. The lowest BCUT2D eigenvalue weighted by molar-refractivity contribution is -0.906. The molecule has 1 saturated heterocycles. The summed E-state index contributed by atoms with van der Waals surface area (Å²) in [4.78, 5) is 1.62. The molecule has 0 saturated carbocycles.